The Labute approximate surface area is 194 Å². The van der Waals surface area contributed by atoms with E-state index in [4.69, 9.17) is 0 Å². The predicted molar refractivity (Wildman–Crippen MR) is 127 cm³/mol. The highest BCUT2D eigenvalue weighted by atomic mass is 32.2. The first-order valence-corrected chi connectivity index (χ1v) is 11.8. The van der Waals surface area contributed by atoms with E-state index in [0.717, 1.165) is 43.1 Å². The van der Waals surface area contributed by atoms with Gasteiger partial charge >= 0.3 is 0 Å². The standard InChI is InChI=1S/C24H23N7OS/c1-14-22(33-17-5-6-18-15(9-17)11-28-29-18)10-21(30(14)2)24(32)26-12-20-23-19(7-8-25-20)27-13-31(23)16-3-4-16/h5-11,13,16H,3-4,12H2,1-2H3,(H,26,32)(H,28,29). The number of H-pyrrole nitrogens is 1. The average Bonchev–Trinajstić information content (AvgIpc) is 3.28. The van der Waals surface area contributed by atoms with Crippen LogP contribution in [0.5, 0.6) is 0 Å². The van der Waals surface area contributed by atoms with Gasteiger partial charge < -0.3 is 14.5 Å². The lowest BCUT2D eigenvalue weighted by molar-refractivity contribution is 0.0942. The molecule has 1 fully saturated rings. The summed E-state index contributed by atoms with van der Waals surface area (Å²) in [7, 11) is 1.93. The Morgan fingerprint density at radius 2 is 2.12 bits per heavy atom. The zero-order valence-corrected chi connectivity index (χ0v) is 19.2. The lowest BCUT2D eigenvalue weighted by atomic mass is 10.2. The Morgan fingerprint density at radius 1 is 1.24 bits per heavy atom. The van der Waals surface area contributed by atoms with Crippen LogP contribution < -0.4 is 5.32 Å². The Kier molecular flexibility index (Phi) is 4.72. The predicted octanol–water partition coefficient (Wildman–Crippen LogP) is 4.37. The molecule has 33 heavy (non-hydrogen) atoms. The summed E-state index contributed by atoms with van der Waals surface area (Å²) in [6.45, 7) is 2.39. The monoisotopic (exact) mass is 457 g/mol. The van der Waals surface area contributed by atoms with E-state index in [9.17, 15) is 4.79 Å². The molecule has 9 heteroatoms. The number of carbonyl (C=O) groups is 1. The summed E-state index contributed by atoms with van der Waals surface area (Å²) in [5.74, 6) is -0.117. The van der Waals surface area contributed by atoms with E-state index in [-0.39, 0.29) is 5.91 Å². The summed E-state index contributed by atoms with van der Waals surface area (Å²) in [5, 5.41) is 11.2. The number of nitrogens with one attached hydrogen (secondary N) is 2. The van der Waals surface area contributed by atoms with Crippen molar-refractivity contribution < 1.29 is 4.79 Å². The molecule has 1 saturated carbocycles. The van der Waals surface area contributed by atoms with Crippen LogP contribution in [0.4, 0.5) is 0 Å². The number of benzene rings is 1. The number of nitrogens with zero attached hydrogens (tertiary/aromatic N) is 5. The maximum atomic E-state index is 13.1. The van der Waals surface area contributed by atoms with Crippen LogP contribution in [0.2, 0.25) is 0 Å². The van der Waals surface area contributed by atoms with E-state index < -0.39 is 0 Å². The summed E-state index contributed by atoms with van der Waals surface area (Å²) in [6, 6.07) is 10.6. The van der Waals surface area contributed by atoms with E-state index in [0.29, 0.717) is 18.3 Å². The lowest BCUT2D eigenvalue weighted by Gasteiger charge is -2.09. The molecule has 4 aromatic heterocycles. The van der Waals surface area contributed by atoms with Crippen LogP contribution in [0.3, 0.4) is 0 Å². The van der Waals surface area contributed by atoms with Crippen LogP contribution in [-0.2, 0) is 13.6 Å². The van der Waals surface area contributed by atoms with Crippen molar-refractivity contribution in [2.45, 2.75) is 42.1 Å². The summed E-state index contributed by atoms with van der Waals surface area (Å²) in [4.78, 5) is 24.3. The van der Waals surface area contributed by atoms with Crippen LogP contribution in [0.25, 0.3) is 21.9 Å². The average molecular weight is 458 g/mol. The van der Waals surface area contributed by atoms with Gasteiger partial charge in [0.15, 0.2) is 0 Å². The van der Waals surface area contributed by atoms with Crippen molar-refractivity contribution in [2.75, 3.05) is 0 Å². The summed E-state index contributed by atoms with van der Waals surface area (Å²) >= 11 is 1.65. The lowest BCUT2D eigenvalue weighted by Crippen LogP contribution is -2.25. The number of hydrogen-bond acceptors (Lipinski definition) is 5. The van der Waals surface area contributed by atoms with Crippen molar-refractivity contribution in [1.29, 1.82) is 0 Å². The van der Waals surface area contributed by atoms with Crippen molar-refractivity contribution >= 4 is 39.6 Å². The molecule has 0 aliphatic heterocycles. The van der Waals surface area contributed by atoms with Gasteiger partial charge in [-0.3, -0.25) is 14.9 Å². The molecule has 4 heterocycles. The zero-order valence-electron chi connectivity index (χ0n) is 18.4. The maximum absolute atomic E-state index is 13.1. The van der Waals surface area contributed by atoms with Crippen molar-refractivity contribution in [1.82, 2.24) is 34.6 Å². The molecular formula is C24H23N7OS. The molecule has 1 aliphatic carbocycles. The molecule has 1 amide bonds. The molecule has 1 aliphatic rings. The first-order valence-electron chi connectivity index (χ1n) is 10.9. The molecule has 8 nitrogen and oxygen atoms in total. The van der Waals surface area contributed by atoms with Gasteiger partial charge in [0.1, 0.15) is 5.69 Å². The number of hydrogen-bond donors (Lipinski definition) is 2. The molecule has 1 aromatic carbocycles. The molecule has 0 saturated heterocycles. The van der Waals surface area contributed by atoms with E-state index in [2.05, 4.69) is 42.2 Å². The van der Waals surface area contributed by atoms with Crippen LogP contribution in [0.1, 0.15) is 40.8 Å². The van der Waals surface area contributed by atoms with Gasteiger partial charge in [0.25, 0.3) is 5.91 Å². The zero-order chi connectivity index (χ0) is 22.5. The highest BCUT2D eigenvalue weighted by Gasteiger charge is 2.26. The second kappa shape index (κ2) is 7.77. The van der Waals surface area contributed by atoms with Gasteiger partial charge in [-0.05, 0) is 50.1 Å². The number of rotatable bonds is 6. The molecule has 166 valence electrons. The molecule has 0 unspecified atom stereocenters. The van der Waals surface area contributed by atoms with Crippen molar-refractivity contribution in [3.8, 4) is 0 Å². The Balaban J connectivity index is 1.22. The normalized spacial score (nSPS) is 13.8. The van der Waals surface area contributed by atoms with E-state index in [1.165, 1.54) is 12.8 Å². The highest BCUT2D eigenvalue weighted by Crippen LogP contribution is 2.37. The van der Waals surface area contributed by atoms with Gasteiger partial charge in [-0.1, -0.05) is 11.8 Å². The van der Waals surface area contributed by atoms with Crippen molar-refractivity contribution in [3.63, 3.8) is 0 Å². The minimum Gasteiger partial charge on any atom is -0.345 e. The summed E-state index contributed by atoms with van der Waals surface area (Å²) in [6.07, 6.45) is 7.80. The van der Waals surface area contributed by atoms with Crippen LogP contribution >= 0.6 is 11.8 Å². The fourth-order valence-electron chi connectivity index (χ4n) is 4.17. The molecule has 0 atom stereocenters. The maximum Gasteiger partial charge on any atom is 0.268 e. The largest absolute Gasteiger partial charge is 0.345 e. The van der Waals surface area contributed by atoms with E-state index >= 15 is 0 Å². The first kappa shape index (κ1) is 20.0. The molecule has 5 aromatic rings. The Hall–Kier alpha value is -3.59. The van der Waals surface area contributed by atoms with Crippen LogP contribution in [0, 0.1) is 6.92 Å². The Bertz CT molecular complexity index is 1510. The fourth-order valence-corrected chi connectivity index (χ4v) is 5.20. The van der Waals surface area contributed by atoms with Crippen molar-refractivity contribution in [2.24, 2.45) is 7.05 Å². The number of amides is 1. The molecule has 2 N–H and O–H groups in total. The number of carbonyl (C=O) groups excluding carboxylic acids is 1. The molecule has 0 bridgehead atoms. The molecule has 0 spiro atoms. The van der Waals surface area contributed by atoms with Gasteiger partial charge in [0.2, 0.25) is 0 Å². The Morgan fingerprint density at radius 3 is 2.97 bits per heavy atom. The van der Waals surface area contributed by atoms with Crippen LogP contribution in [-0.4, -0.2) is 35.2 Å². The molecular weight excluding hydrogens is 434 g/mol. The second-order valence-electron chi connectivity index (χ2n) is 8.45. The molecule has 6 rings (SSSR count). The van der Waals surface area contributed by atoms with Gasteiger partial charge in [-0.2, -0.15) is 5.10 Å². The minimum absolute atomic E-state index is 0.117. The topological polar surface area (TPSA) is 93.4 Å². The fraction of sp³-hybridized carbons (Fsp3) is 0.250. The molecule has 0 radical (unpaired) electrons. The van der Waals surface area contributed by atoms with Gasteiger partial charge in [0.05, 0.1) is 41.3 Å². The number of imidazole rings is 1. The number of pyridine rings is 1. The highest BCUT2D eigenvalue weighted by molar-refractivity contribution is 7.99. The quantitative estimate of drug-likeness (QED) is 0.395. The third-order valence-electron chi connectivity index (χ3n) is 6.28. The third kappa shape index (κ3) is 3.58. The smallest absolute Gasteiger partial charge is 0.268 e. The summed E-state index contributed by atoms with van der Waals surface area (Å²) in [5.41, 5.74) is 5.47. The number of fused-ring (bicyclic) bond motifs is 2. The van der Waals surface area contributed by atoms with E-state index in [1.807, 2.05) is 49.3 Å². The third-order valence-corrected chi connectivity index (χ3v) is 7.40. The van der Waals surface area contributed by atoms with Crippen molar-refractivity contribution in [3.05, 3.63) is 66.1 Å². The van der Waals surface area contributed by atoms with Gasteiger partial charge in [0, 0.05) is 40.2 Å². The second-order valence-corrected chi connectivity index (χ2v) is 9.57. The first-order chi connectivity index (χ1) is 16.1. The minimum atomic E-state index is -0.117. The van der Waals surface area contributed by atoms with Crippen LogP contribution in [0.15, 0.2) is 58.8 Å². The van der Waals surface area contributed by atoms with E-state index in [1.54, 1.807) is 18.0 Å². The van der Waals surface area contributed by atoms with Gasteiger partial charge in [-0.15, -0.1) is 0 Å². The van der Waals surface area contributed by atoms with Gasteiger partial charge in [-0.25, -0.2) is 4.98 Å². The number of aromatic nitrogens is 6. The SMILES string of the molecule is Cc1c(Sc2ccc3[nH]ncc3c2)cc(C(=O)NCc2nccc3ncn(C4CC4)c23)n1C. The number of aromatic amines is 1. The summed E-state index contributed by atoms with van der Waals surface area (Å²) < 4.78 is 4.14.